The van der Waals surface area contributed by atoms with Gasteiger partial charge in [0.15, 0.2) is 6.10 Å². The van der Waals surface area contributed by atoms with Gasteiger partial charge in [-0.05, 0) is 53.0 Å². The minimum atomic E-state index is -4.01. The molecule has 1 aliphatic rings. The molecule has 1 N–H and O–H groups in total. The molecule has 0 aromatic heterocycles. The van der Waals surface area contributed by atoms with E-state index in [1.807, 2.05) is 6.92 Å². The number of rotatable bonds is 4. The molecule has 0 saturated heterocycles. The van der Waals surface area contributed by atoms with Crippen LogP contribution in [0.15, 0.2) is 39.7 Å². The lowest BCUT2D eigenvalue weighted by molar-refractivity contribution is -0.126. The first-order chi connectivity index (χ1) is 12.6. The molecule has 9 heteroatoms. The van der Waals surface area contributed by atoms with E-state index in [1.165, 1.54) is 29.2 Å². The second kappa shape index (κ2) is 7.12. The van der Waals surface area contributed by atoms with Crippen LogP contribution in [-0.2, 0) is 14.8 Å². The molecule has 1 atom stereocenters. The fourth-order valence-corrected chi connectivity index (χ4v) is 4.85. The number of nitrogens with zero attached hydrogens (tertiary/aromatic N) is 1. The Morgan fingerprint density at radius 2 is 2.00 bits per heavy atom. The SMILES string of the molecule is CCC1Oc2cc(S(=O)(=O)Nc3ccc(C)c(F)c3)c(Br)cc2N(C)C1=O. The van der Waals surface area contributed by atoms with Gasteiger partial charge in [0.1, 0.15) is 16.5 Å². The molecule has 1 aliphatic heterocycles. The van der Waals surface area contributed by atoms with Gasteiger partial charge in [0.2, 0.25) is 0 Å². The number of ether oxygens (including phenoxy) is 1. The van der Waals surface area contributed by atoms with Gasteiger partial charge in [0.05, 0.1) is 11.4 Å². The van der Waals surface area contributed by atoms with Crippen LogP contribution in [0.2, 0.25) is 0 Å². The molecule has 27 heavy (non-hydrogen) atoms. The van der Waals surface area contributed by atoms with Crippen molar-refractivity contribution in [2.45, 2.75) is 31.3 Å². The molecule has 0 aliphatic carbocycles. The number of anilines is 2. The van der Waals surface area contributed by atoms with Crippen LogP contribution in [-0.4, -0.2) is 27.5 Å². The third kappa shape index (κ3) is 3.66. The first-order valence-electron chi connectivity index (χ1n) is 8.20. The largest absolute Gasteiger partial charge is 0.478 e. The third-order valence-electron chi connectivity index (χ3n) is 4.33. The van der Waals surface area contributed by atoms with E-state index in [4.69, 9.17) is 4.74 Å². The molecule has 1 heterocycles. The predicted octanol–water partition coefficient (Wildman–Crippen LogP) is 3.83. The summed E-state index contributed by atoms with van der Waals surface area (Å²) in [6.45, 7) is 3.40. The Morgan fingerprint density at radius 3 is 2.63 bits per heavy atom. The lowest BCUT2D eigenvalue weighted by Gasteiger charge is -2.32. The number of amides is 1. The molecule has 144 valence electrons. The maximum absolute atomic E-state index is 13.7. The predicted molar refractivity (Wildman–Crippen MR) is 104 cm³/mol. The second-order valence-corrected chi connectivity index (χ2v) is 8.74. The first kappa shape index (κ1) is 19.6. The quantitative estimate of drug-likeness (QED) is 0.758. The summed E-state index contributed by atoms with van der Waals surface area (Å²) < 4.78 is 47.6. The van der Waals surface area contributed by atoms with Crippen LogP contribution in [0.3, 0.4) is 0 Å². The van der Waals surface area contributed by atoms with Gasteiger partial charge >= 0.3 is 0 Å². The Kier molecular flexibility index (Phi) is 5.18. The van der Waals surface area contributed by atoms with Crippen molar-refractivity contribution in [1.82, 2.24) is 0 Å². The molecule has 0 spiro atoms. The molecule has 6 nitrogen and oxygen atoms in total. The van der Waals surface area contributed by atoms with Gasteiger partial charge < -0.3 is 9.64 Å². The zero-order valence-corrected chi connectivity index (χ0v) is 17.3. The molecular formula is C18H18BrFN2O4S. The molecule has 2 aromatic carbocycles. The van der Waals surface area contributed by atoms with Gasteiger partial charge in [-0.1, -0.05) is 13.0 Å². The molecule has 0 radical (unpaired) electrons. The van der Waals surface area contributed by atoms with Crippen LogP contribution in [0.4, 0.5) is 15.8 Å². The van der Waals surface area contributed by atoms with E-state index in [0.29, 0.717) is 23.4 Å². The maximum Gasteiger partial charge on any atom is 0.267 e. The number of hydrogen-bond donors (Lipinski definition) is 1. The van der Waals surface area contributed by atoms with Gasteiger partial charge in [-0.3, -0.25) is 9.52 Å². The Bertz CT molecular complexity index is 1030. The summed E-state index contributed by atoms with van der Waals surface area (Å²) in [6.07, 6.45) is -0.208. The number of likely N-dealkylation sites (N-methyl/N-ethyl adjacent to an activating group) is 1. The number of fused-ring (bicyclic) bond motifs is 1. The fraction of sp³-hybridized carbons (Fsp3) is 0.278. The molecule has 1 unspecified atom stereocenters. The van der Waals surface area contributed by atoms with E-state index < -0.39 is 21.9 Å². The van der Waals surface area contributed by atoms with E-state index in [1.54, 1.807) is 14.0 Å². The standard InChI is InChI=1S/C18H18BrFN2O4S/c1-4-15-18(23)22(3)14-8-12(19)17(9-16(14)26-15)27(24,25)21-11-6-5-10(2)13(20)7-11/h5-9,15,21H,4H2,1-3H3. The third-order valence-corrected chi connectivity index (χ3v) is 6.67. The lowest BCUT2D eigenvalue weighted by atomic mass is 10.1. The summed E-state index contributed by atoms with van der Waals surface area (Å²) in [5.41, 5.74) is 0.999. The Hall–Kier alpha value is -2.13. The average molecular weight is 457 g/mol. The summed E-state index contributed by atoms with van der Waals surface area (Å²) >= 11 is 3.24. The van der Waals surface area contributed by atoms with Gasteiger partial charge in [-0.2, -0.15) is 0 Å². The van der Waals surface area contributed by atoms with Gasteiger partial charge in [-0.25, -0.2) is 12.8 Å². The fourth-order valence-electron chi connectivity index (χ4n) is 2.75. The van der Waals surface area contributed by atoms with Crippen molar-refractivity contribution >= 4 is 43.2 Å². The minimum Gasteiger partial charge on any atom is -0.478 e. The number of aryl methyl sites for hydroxylation is 1. The normalized spacial score (nSPS) is 16.7. The highest BCUT2D eigenvalue weighted by atomic mass is 79.9. The van der Waals surface area contributed by atoms with E-state index in [0.717, 1.165) is 6.07 Å². The van der Waals surface area contributed by atoms with Crippen molar-refractivity contribution in [1.29, 1.82) is 0 Å². The molecule has 1 amide bonds. The topological polar surface area (TPSA) is 75.7 Å². The number of nitrogens with one attached hydrogen (secondary N) is 1. The van der Waals surface area contributed by atoms with Crippen LogP contribution in [0, 0.1) is 12.7 Å². The van der Waals surface area contributed by atoms with Crippen LogP contribution in [0.25, 0.3) is 0 Å². The van der Waals surface area contributed by atoms with E-state index in [-0.39, 0.29) is 21.0 Å². The highest BCUT2D eigenvalue weighted by Crippen LogP contribution is 2.40. The summed E-state index contributed by atoms with van der Waals surface area (Å²) in [5.74, 6) is -0.405. The molecule has 0 saturated carbocycles. The zero-order valence-electron chi connectivity index (χ0n) is 14.9. The number of sulfonamides is 1. The molecule has 0 bridgehead atoms. The van der Waals surface area contributed by atoms with E-state index in [9.17, 15) is 17.6 Å². The monoisotopic (exact) mass is 456 g/mol. The summed E-state index contributed by atoms with van der Waals surface area (Å²) in [7, 11) is -2.40. The highest BCUT2D eigenvalue weighted by molar-refractivity contribution is 9.10. The van der Waals surface area contributed by atoms with Crippen molar-refractivity contribution in [2.24, 2.45) is 0 Å². The van der Waals surface area contributed by atoms with Crippen LogP contribution in [0.1, 0.15) is 18.9 Å². The first-order valence-corrected chi connectivity index (χ1v) is 10.5. The number of halogens is 2. The second-order valence-electron chi connectivity index (χ2n) is 6.23. The molecule has 3 rings (SSSR count). The Morgan fingerprint density at radius 1 is 1.30 bits per heavy atom. The summed E-state index contributed by atoms with van der Waals surface area (Å²) in [5, 5.41) is 0. The minimum absolute atomic E-state index is 0.0696. The molecule has 2 aromatic rings. The number of carbonyl (C=O) groups excluding carboxylic acids is 1. The van der Waals surface area contributed by atoms with Gasteiger partial charge in [0.25, 0.3) is 15.9 Å². The average Bonchev–Trinajstić information content (AvgIpc) is 2.61. The van der Waals surface area contributed by atoms with E-state index in [2.05, 4.69) is 20.7 Å². The smallest absolute Gasteiger partial charge is 0.267 e. The van der Waals surface area contributed by atoms with Crippen molar-refractivity contribution in [3.8, 4) is 5.75 Å². The molecule has 0 fully saturated rings. The lowest BCUT2D eigenvalue weighted by Crippen LogP contribution is -2.43. The van der Waals surface area contributed by atoms with Gasteiger partial charge in [-0.15, -0.1) is 0 Å². The number of benzene rings is 2. The van der Waals surface area contributed by atoms with Crippen molar-refractivity contribution in [3.05, 3.63) is 46.2 Å². The summed E-state index contributed by atoms with van der Waals surface area (Å²) in [4.78, 5) is 13.6. The van der Waals surface area contributed by atoms with Crippen molar-refractivity contribution < 1.29 is 22.3 Å². The molecular weight excluding hydrogens is 439 g/mol. The number of hydrogen-bond acceptors (Lipinski definition) is 4. The maximum atomic E-state index is 13.7. The Labute approximate surface area is 165 Å². The summed E-state index contributed by atoms with van der Waals surface area (Å²) in [6, 6.07) is 6.97. The van der Waals surface area contributed by atoms with Crippen LogP contribution in [0.5, 0.6) is 5.75 Å². The number of carbonyl (C=O) groups is 1. The Balaban J connectivity index is 2.01. The van der Waals surface area contributed by atoms with Crippen LogP contribution < -0.4 is 14.4 Å². The van der Waals surface area contributed by atoms with E-state index >= 15 is 0 Å². The zero-order chi connectivity index (χ0) is 19.9. The highest BCUT2D eigenvalue weighted by Gasteiger charge is 2.33. The van der Waals surface area contributed by atoms with Gasteiger partial charge in [0, 0.05) is 17.6 Å². The van der Waals surface area contributed by atoms with Crippen molar-refractivity contribution in [3.63, 3.8) is 0 Å². The van der Waals surface area contributed by atoms with Crippen molar-refractivity contribution in [2.75, 3.05) is 16.7 Å². The van der Waals surface area contributed by atoms with Crippen LogP contribution >= 0.6 is 15.9 Å².